The Bertz CT molecular complexity index is 646. The number of hydrogen-bond donors (Lipinski definition) is 1. The van der Waals surface area contributed by atoms with Crippen LogP contribution in [0.15, 0.2) is 24.3 Å². The molecule has 98 valence electrons. The molecule has 6 heteroatoms. The summed E-state index contributed by atoms with van der Waals surface area (Å²) >= 11 is 4.98. The van der Waals surface area contributed by atoms with Crippen LogP contribution in [0.4, 0.5) is 4.39 Å². The molecular formula is C13H12FN3OS. The van der Waals surface area contributed by atoms with Gasteiger partial charge in [0.25, 0.3) is 0 Å². The van der Waals surface area contributed by atoms with Crippen molar-refractivity contribution >= 4 is 17.2 Å². The van der Waals surface area contributed by atoms with E-state index in [2.05, 4.69) is 10.2 Å². The molecule has 0 bridgehead atoms. The standard InChI is InChI=1S/C13H12FN3OS/c1-7-8(2)16-17-13(11(7)12(15)19)18-10-6-4-3-5-9(10)14/h3-6H,1-2H3,(H2,15,19). The van der Waals surface area contributed by atoms with Crippen LogP contribution >= 0.6 is 12.2 Å². The maximum absolute atomic E-state index is 13.6. The lowest BCUT2D eigenvalue weighted by atomic mass is 10.1. The van der Waals surface area contributed by atoms with Crippen LogP contribution in [0, 0.1) is 19.7 Å². The normalized spacial score (nSPS) is 10.3. The van der Waals surface area contributed by atoms with Gasteiger partial charge in [-0.2, -0.15) is 5.10 Å². The van der Waals surface area contributed by atoms with Crippen LogP contribution in [0.3, 0.4) is 0 Å². The lowest BCUT2D eigenvalue weighted by Crippen LogP contribution is -2.15. The summed E-state index contributed by atoms with van der Waals surface area (Å²) in [6, 6.07) is 6.02. The van der Waals surface area contributed by atoms with Crippen molar-refractivity contribution in [3.8, 4) is 11.6 Å². The van der Waals surface area contributed by atoms with E-state index in [1.807, 2.05) is 6.92 Å². The van der Waals surface area contributed by atoms with Gasteiger partial charge in [0, 0.05) is 0 Å². The zero-order chi connectivity index (χ0) is 14.0. The number of nitrogens with zero attached hydrogens (tertiary/aromatic N) is 2. The molecular weight excluding hydrogens is 265 g/mol. The number of halogens is 1. The molecule has 2 aromatic rings. The van der Waals surface area contributed by atoms with E-state index in [0.29, 0.717) is 11.3 Å². The van der Waals surface area contributed by atoms with Crippen molar-refractivity contribution < 1.29 is 9.13 Å². The Morgan fingerprint density at radius 1 is 1.26 bits per heavy atom. The number of rotatable bonds is 3. The van der Waals surface area contributed by atoms with Crippen molar-refractivity contribution in [1.29, 1.82) is 0 Å². The highest BCUT2D eigenvalue weighted by Crippen LogP contribution is 2.27. The van der Waals surface area contributed by atoms with E-state index in [1.165, 1.54) is 12.1 Å². The maximum atomic E-state index is 13.6. The summed E-state index contributed by atoms with van der Waals surface area (Å²) in [5.41, 5.74) is 7.61. The smallest absolute Gasteiger partial charge is 0.249 e. The number of aryl methyl sites for hydroxylation is 1. The fraction of sp³-hybridized carbons (Fsp3) is 0.154. The van der Waals surface area contributed by atoms with E-state index in [0.717, 1.165) is 5.56 Å². The van der Waals surface area contributed by atoms with Crippen molar-refractivity contribution in [3.63, 3.8) is 0 Å². The van der Waals surface area contributed by atoms with E-state index in [-0.39, 0.29) is 16.6 Å². The lowest BCUT2D eigenvalue weighted by molar-refractivity contribution is 0.420. The molecule has 2 rings (SSSR count). The Balaban J connectivity index is 2.49. The molecule has 0 aliphatic carbocycles. The molecule has 4 nitrogen and oxygen atoms in total. The average molecular weight is 277 g/mol. The summed E-state index contributed by atoms with van der Waals surface area (Å²) in [7, 11) is 0. The molecule has 0 saturated heterocycles. The van der Waals surface area contributed by atoms with Gasteiger partial charge in [-0.1, -0.05) is 24.4 Å². The zero-order valence-corrected chi connectivity index (χ0v) is 11.3. The zero-order valence-electron chi connectivity index (χ0n) is 10.5. The minimum absolute atomic E-state index is 0.0533. The van der Waals surface area contributed by atoms with Crippen LogP contribution in [0.25, 0.3) is 0 Å². The van der Waals surface area contributed by atoms with Gasteiger partial charge in [0.2, 0.25) is 5.88 Å². The molecule has 1 heterocycles. The van der Waals surface area contributed by atoms with E-state index in [1.54, 1.807) is 19.1 Å². The highest BCUT2D eigenvalue weighted by molar-refractivity contribution is 7.80. The minimum Gasteiger partial charge on any atom is -0.434 e. The molecule has 0 atom stereocenters. The molecule has 0 fully saturated rings. The third kappa shape index (κ3) is 2.68. The van der Waals surface area contributed by atoms with Gasteiger partial charge in [0.15, 0.2) is 11.6 Å². The second-order valence-corrected chi connectivity index (χ2v) is 4.43. The van der Waals surface area contributed by atoms with Gasteiger partial charge in [0.05, 0.1) is 11.3 Å². The van der Waals surface area contributed by atoms with E-state index >= 15 is 0 Å². The van der Waals surface area contributed by atoms with Gasteiger partial charge in [-0.05, 0) is 31.5 Å². The van der Waals surface area contributed by atoms with Crippen LogP contribution in [-0.2, 0) is 0 Å². The fourth-order valence-electron chi connectivity index (χ4n) is 1.58. The Kier molecular flexibility index (Phi) is 3.71. The Hall–Kier alpha value is -2.08. The van der Waals surface area contributed by atoms with E-state index < -0.39 is 5.82 Å². The SMILES string of the molecule is Cc1nnc(Oc2ccccc2F)c(C(N)=S)c1C. The Morgan fingerprint density at radius 3 is 2.58 bits per heavy atom. The van der Waals surface area contributed by atoms with Crippen LogP contribution in [0.5, 0.6) is 11.6 Å². The first-order chi connectivity index (χ1) is 9.00. The van der Waals surface area contributed by atoms with Crippen LogP contribution in [0.1, 0.15) is 16.8 Å². The van der Waals surface area contributed by atoms with Gasteiger partial charge >= 0.3 is 0 Å². The molecule has 19 heavy (non-hydrogen) atoms. The lowest BCUT2D eigenvalue weighted by Gasteiger charge is -2.12. The summed E-state index contributed by atoms with van der Waals surface area (Å²) in [6.45, 7) is 3.60. The largest absolute Gasteiger partial charge is 0.434 e. The summed E-state index contributed by atoms with van der Waals surface area (Å²) in [4.78, 5) is 0.141. The number of para-hydroxylation sites is 1. The Labute approximate surface area is 115 Å². The summed E-state index contributed by atoms with van der Waals surface area (Å²) in [5, 5.41) is 7.83. The number of thiocarbonyl (C=S) groups is 1. The van der Waals surface area contributed by atoms with Gasteiger partial charge in [-0.25, -0.2) is 4.39 Å². The van der Waals surface area contributed by atoms with Crippen LogP contribution < -0.4 is 10.5 Å². The molecule has 0 unspecified atom stereocenters. The predicted octanol–water partition coefficient (Wildman–Crippen LogP) is 2.66. The molecule has 0 aliphatic heterocycles. The van der Waals surface area contributed by atoms with Gasteiger partial charge in [-0.15, -0.1) is 5.10 Å². The minimum atomic E-state index is -0.489. The molecule has 2 N–H and O–H groups in total. The van der Waals surface area contributed by atoms with Crippen molar-refractivity contribution in [2.75, 3.05) is 0 Å². The maximum Gasteiger partial charge on any atom is 0.249 e. The summed E-state index contributed by atoms with van der Waals surface area (Å²) in [5.74, 6) is -0.324. The number of nitrogens with two attached hydrogens (primary N) is 1. The van der Waals surface area contributed by atoms with Gasteiger partial charge in [0.1, 0.15) is 4.99 Å². The summed E-state index contributed by atoms with van der Waals surface area (Å²) in [6.07, 6.45) is 0. The Morgan fingerprint density at radius 2 is 1.95 bits per heavy atom. The first kappa shape index (κ1) is 13.4. The fourth-order valence-corrected chi connectivity index (χ4v) is 1.82. The molecule has 0 aliphatic rings. The first-order valence-electron chi connectivity index (χ1n) is 5.56. The topological polar surface area (TPSA) is 61.0 Å². The number of ether oxygens (including phenoxy) is 1. The number of hydrogen-bond acceptors (Lipinski definition) is 4. The monoisotopic (exact) mass is 277 g/mol. The predicted molar refractivity (Wildman–Crippen MR) is 73.9 cm³/mol. The van der Waals surface area contributed by atoms with E-state index in [4.69, 9.17) is 22.7 Å². The molecule has 1 aromatic heterocycles. The van der Waals surface area contributed by atoms with Gasteiger partial charge in [-0.3, -0.25) is 0 Å². The molecule has 0 amide bonds. The third-order valence-electron chi connectivity index (χ3n) is 2.71. The second kappa shape index (κ2) is 5.27. The van der Waals surface area contributed by atoms with E-state index in [9.17, 15) is 4.39 Å². The van der Waals surface area contributed by atoms with Crippen molar-refractivity contribution in [2.45, 2.75) is 13.8 Å². The van der Waals surface area contributed by atoms with Crippen molar-refractivity contribution in [3.05, 3.63) is 46.9 Å². The molecule has 0 spiro atoms. The van der Waals surface area contributed by atoms with Crippen LogP contribution in [-0.4, -0.2) is 15.2 Å². The quantitative estimate of drug-likeness (QED) is 0.874. The second-order valence-electron chi connectivity index (χ2n) is 3.99. The molecule has 0 saturated carbocycles. The summed E-state index contributed by atoms with van der Waals surface area (Å²) < 4.78 is 19.0. The van der Waals surface area contributed by atoms with Crippen molar-refractivity contribution in [2.24, 2.45) is 5.73 Å². The van der Waals surface area contributed by atoms with Gasteiger partial charge < -0.3 is 10.5 Å². The molecule has 0 radical (unpaired) electrons. The number of aromatic nitrogens is 2. The molecule has 1 aromatic carbocycles. The number of benzene rings is 1. The average Bonchev–Trinajstić information content (AvgIpc) is 2.36. The third-order valence-corrected chi connectivity index (χ3v) is 2.92. The van der Waals surface area contributed by atoms with Crippen molar-refractivity contribution in [1.82, 2.24) is 10.2 Å². The van der Waals surface area contributed by atoms with Crippen LogP contribution in [0.2, 0.25) is 0 Å². The highest BCUT2D eigenvalue weighted by Gasteiger charge is 2.16. The first-order valence-corrected chi connectivity index (χ1v) is 5.97. The highest BCUT2D eigenvalue weighted by atomic mass is 32.1.